The van der Waals surface area contributed by atoms with E-state index in [1.54, 1.807) is 0 Å². The highest BCUT2D eigenvalue weighted by atomic mass is 16.5. The number of β-amino-alcohol motifs (C(OH)–C–C–N with tert-alkyl or cyclic N) is 1. The van der Waals surface area contributed by atoms with Gasteiger partial charge in [-0.25, -0.2) is 4.98 Å². The number of amides is 1. The van der Waals surface area contributed by atoms with Crippen LogP contribution in [0.2, 0.25) is 0 Å². The van der Waals surface area contributed by atoms with Crippen LogP contribution in [-0.4, -0.2) is 132 Å². The molecule has 0 bridgehead atoms. The molecule has 0 unspecified atom stereocenters. The average Bonchev–Trinajstić information content (AvgIpc) is 3.66. The van der Waals surface area contributed by atoms with Crippen molar-refractivity contribution in [2.45, 2.75) is 58.3 Å². The van der Waals surface area contributed by atoms with Crippen molar-refractivity contribution >= 4 is 23.1 Å². The maximum atomic E-state index is 12.9. The summed E-state index contributed by atoms with van der Waals surface area (Å²) in [5, 5.41) is 17.9. The van der Waals surface area contributed by atoms with E-state index in [4.69, 9.17) is 14.8 Å². The van der Waals surface area contributed by atoms with Gasteiger partial charge in [0, 0.05) is 101 Å². The van der Waals surface area contributed by atoms with Gasteiger partial charge in [0.1, 0.15) is 11.6 Å². The van der Waals surface area contributed by atoms with Crippen molar-refractivity contribution in [3.63, 3.8) is 0 Å². The van der Waals surface area contributed by atoms with Crippen molar-refractivity contribution in [2.75, 3.05) is 102 Å². The third-order valence-electron chi connectivity index (χ3n) is 12.6. The first-order valence-corrected chi connectivity index (χ1v) is 23.0. The fraction of sp³-hybridized carbons (Fsp3) is 0.460. The Kier molecular flexibility index (Phi) is 15.2. The third-order valence-corrected chi connectivity index (χ3v) is 12.6. The SMILES string of the molecule is Cc1nn2c(N3CCN(CCO)CC3)cc(-c3ccccc3)nc2c1-c1cccc(CCCCCCCCCN2CCN(C(=O)COc3cccc(N4C=CCNC4)c3)CC2)c1. The van der Waals surface area contributed by atoms with Crippen LogP contribution in [0, 0.1) is 6.92 Å². The van der Waals surface area contributed by atoms with Crippen LogP contribution in [-0.2, 0) is 11.2 Å². The molecule has 1 amide bonds. The molecule has 0 atom stereocenters. The molecule has 3 aliphatic heterocycles. The molecular formula is C50H65N9O3. The monoisotopic (exact) mass is 840 g/mol. The largest absolute Gasteiger partial charge is 0.484 e. The van der Waals surface area contributed by atoms with E-state index >= 15 is 0 Å². The molecule has 2 aromatic heterocycles. The summed E-state index contributed by atoms with van der Waals surface area (Å²) in [7, 11) is 0. The first-order valence-electron chi connectivity index (χ1n) is 23.0. The molecule has 12 heteroatoms. The fourth-order valence-corrected chi connectivity index (χ4v) is 9.09. The minimum atomic E-state index is 0.0645. The Morgan fingerprint density at radius 3 is 2.26 bits per heavy atom. The fourth-order valence-electron chi connectivity index (χ4n) is 9.09. The molecular weight excluding hydrogens is 775 g/mol. The van der Waals surface area contributed by atoms with E-state index in [0.29, 0.717) is 6.54 Å². The van der Waals surface area contributed by atoms with Gasteiger partial charge in [-0.05, 0) is 56.0 Å². The quantitative estimate of drug-likeness (QED) is 0.0858. The van der Waals surface area contributed by atoms with Crippen molar-refractivity contribution < 1.29 is 14.6 Å². The van der Waals surface area contributed by atoms with Gasteiger partial charge in [0.25, 0.3) is 5.91 Å². The number of rotatable bonds is 19. The number of aliphatic hydroxyl groups is 1. The van der Waals surface area contributed by atoms with Crippen LogP contribution < -0.4 is 19.9 Å². The van der Waals surface area contributed by atoms with Crippen molar-refractivity contribution in [1.82, 2.24) is 34.6 Å². The van der Waals surface area contributed by atoms with Crippen LogP contribution in [0.3, 0.4) is 0 Å². The Labute approximate surface area is 367 Å². The maximum absolute atomic E-state index is 12.9. The summed E-state index contributed by atoms with van der Waals surface area (Å²) in [4.78, 5) is 29.5. The molecule has 0 saturated carbocycles. The highest BCUT2D eigenvalue weighted by molar-refractivity contribution is 5.83. The van der Waals surface area contributed by atoms with Gasteiger partial charge in [-0.15, -0.1) is 0 Å². The number of anilines is 2. The van der Waals surface area contributed by atoms with E-state index in [1.807, 2.05) is 29.2 Å². The maximum Gasteiger partial charge on any atom is 0.260 e. The molecule has 5 heterocycles. The van der Waals surface area contributed by atoms with Crippen LogP contribution in [0.15, 0.2) is 97.2 Å². The van der Waals surface area contributed by atoms with Crippen molar-refractivity contribution in [3.05, 3.63) is 108 Å². The van der Waals surface area contributed by atoms with E-state index in [1.165, 1.54) is 56.1 Å². The van der Waals surface area contributed by atoms with Crippen LogP contribution in [0.4, 0.5) is 11.5 Å². The Morgan fingerprint density at radius 2 is 1.48 bits per heavy atom. The molecule has 0 aliphatic carbocycles. The number of hydrogen-bond acceptors (Lipinski definition) is 10. The van der Waals surface area contributed by atoms with Crippen molar-refractivity contribution in [3.8, 4) is 28.1 Å². The molecule has 328 valence electrons. The zero-order chi connectivity index (χ0) is 42.5. The van der Waals surface area contributed by atoms with Gasteiger partial charge in [-0.3, -0.25) is 19.9 Å². The number of aryl methyl sites for hydroxylation is 2. The highest BCUT2D eigenvalue weighted by Gasteiger charge is 2.24. The number of piperazine rings is 2. The Balaban J connectivity index is 0.752. The second kappa shape index (κ2) is 21.7. The molecule has 0 radical (unpaired) electrons. The third kappa shape index (κ3) is 11.2. The summed E-state index contributed by atoms with van der Waals surface area (Å²) in [6.07, 6.45) is 14.0. The summed E-state index contributed by atoms with van der Waals surface area (Å²) < 4.78 is 7.97. The lowest BCUT2D eigenvalue weighted by molar-refractivity contribution is -0.135. The number of nitrogens with zero attached hydrogens (tertiary/aromatic N) is 8. The number of nitrogens with one attached hydrogen (secondary N) is 1. The predicted octanol–water partition coefficient (Wildman–Crippen LogP) is 6.86. The second-order valence-corrected chi connectivity index (χ2v) is 17.0. The van der Waals surface area contributed by atoms with Gasteiger partial charge in [-0.2, -0.15) is 9.61 Å². The van der Waals surface area contributed by atoms with Gasteiger partial charge >= 0.3 is 0 Å². The molecule has 2 N–H and O–H groups in total. The van der Waals surface area contributed by atoms with Gasteiger partial charge in [-0.1, -0.05) is 98.8 Å². The number of fused-ring (bicyclic) bond motifs is 1. The number of unbranched alkanes of at least 4 members (excludes halogenated alkanes) is 6. The number of ether oxygens (including phenoxy) is 1. The van der Waals surface area contributed by atoms with Crippen molar-refractivity contribution in [1.29, 1.82) is 0 Å². The number of carbonyl (C=O) groups excluding carboxylic acids is 1. The summed E-state index contributed by atoms with van der Waals surface area (Å²) in [6.45, 7) is 12.8. The standard InChI is InChI=1S/C50H65N9O3/c1-40-49(50-52-46(42-17-9-7-10-18-42)37-47(59(50)53-40)56-29-25-55(26-30-56)33-34-60)43-19-12-16-41(35-43)15-8-5-3-2-4-6-11-23-54-27-31-57(32-28-54)48(61)38-62-45-21-13-20-44(36-45)58-24-14-22-51-39-58/h7,9-10,12-14,16-21,24,35-37,51,60H,2-6,8,11,15,22-23,25-34,38-39H2,1H3. The molecule has 8 rings (SSSR count). The minimum absolute atomic E-state index is 0.0645. The number of aromatic nitrogens is 3. The lowest BCUT2D eigenvalue weighted by Gasteiger charge is -2.35. The summed E-state index contributed by atoms with van der Waals surface area (Å²) in [6, 6.07) is 29.6. The van der Waals surface area contributed by atoms with Gasteiger partial charge in [0.15, 0.2) is 12.3 Å². The Morgan fingerprint density at radius 1 is 0.758 bits per heavy atom. The number of benzene rings is 3. The van der Waals surface area contributed by atoms with Crippen LogP contribution in [0.25, 0.3) is 28.0 Å². The first-order chi connectivity index (χ1) is 30.5. The van der Waals surface area contributed by atoms with E-state index < -0.39 is 0 Å². The number of aliphatic hydroxyl groups excluding tert-OH is 1. The molecule has 0 spiro atoms. The molecule has 3 aromatic carbocycles. The zero-order valence-corrected chi connectivity index (χ0v) is 36.6. The number of carbonyl (C=O) groups is 1. The Hall–Kier alpha value is -5.27. The lowest BCUT2D eigenvalue weighted by atomic mass is 9.99. The normalized spacial score (nSPS) is 16.4. The van der Waals surface area contributed by atoms with Gasteiger partial charge in [0.05, 0.1) is 24.7 Å². The molecule has 5 aromatic rings. The smallest absolute Gasteiger partial charge is 0.260 e. The van der Waals surface area contributed by atoms with Gasteiger partial charge in [0.2, 0.25) is 0 Å². The van der Waals surface area contributed by atoms with E-state index in [0.717, 1.165) is 124 Å². The Bertz CT molecular complexity index is 2230. The molecule has 62 heavy (non-hydrogen) atoms. The average molecular weight is 840 g/mol. The summed E-state index contributed by atoms with van der Waals surface area (Å²) in [5.41, 5.74) is 8.63. The van der Waals surface area contributed by atoms with Crippen molar-refractivity contribution in [2.24, 2.45) is 0 Å². The molecule has 2 saturated heterocycles. The zero-order valence-electron chi connectivity index (χ0n) is 36.6. The van der Waals surface area contributed by atoms with Crippen LogP contribution in [0.5, 0.6) is 5.75 Å². The molecule has 12 nitrogen and oxygen atoms in total. The predicted molar refractivity (Wildman–Crippen MR) is 250 cm³/mol. The number of hydrogen-bond donors (Lipinski definition) is 2. The molecule has 3 aliphatic rings. The van der Waals surface area contributed by atoms with E-state index in [9.17, 15) is 9.90 Å². The first kappa shape index (κ1) is 43.4. The topological polar surface area (TPSA) is 105 Å². The lowest BCUT2D eigenvalue weighted by Crippen LogP contribution is -2.50. The highest BCUT2D eigenvalue weighted by Crippen LogP contribution is 2.34. The minimum Gasteiger partial charge on any atom is -0.484 e. The van der Waals surface area contributed by atoms with Crippen LogP contribution >= 0.6 is 0 Å². The summed E-state index contributed by atoms with van der Waals surface area (Å²) >= 11 is 0. The van der Waals surface area contributed by atoms with E-state index in [-0.39, 0.29) is 19.1 Å². The molecule has 2 fully saturated rings. The van der Waals surface area contributed by atoms with Gasteiger partial charge < -0.3 is 24.5 Å². The summed E-state index contributed by atoms with van der Waals surface area (Å²) in [5.74, 6) is 1.86. The van der Waals surface area contributed by atoms with Crippen LogP contribution in [0.1, 0.15) is 56.2 Å². The second-order valence-electron chi connectivity index (χ2n) is 17.0. The van der Waals surface area contributed by atoms with E-state index in [2.05, 4.69) is 109 Å².